The van der Waals surface area contributed by atoms with Crippen LogP contribution in [0, 0.1) is 0 Å². The zero-order chi connectivity index (χ0) is 19.2. The van der Waals surface area contributed by atoms with Gasteiger partial charge in [-0.3, -0.25) is 9.59 Å². The molecule has 1 rings (SSSR count). The minimum absolute atomic E-state index is 0.0702. The van der Waals surface area contributed by atoms with Crippen LogP contribution in [0.2, 0.25) is 0 Å². The molecule has 0 aliphatic carbocycles. The van der Waals surface area contributed by atoms with E-state index in [2.05, 4.69) is 5.32 Å². The van der Waals surface area contributed by atoms with E-state index in [0.29, 0.717) is 13.3 Å². The molecule has 0 radical (unpaired) electrons. The molecule has 0 aliphatic heterocycles. The van der Waals surface area contributed by atoms with Crippen LogP contribution in [-0.4, -0.2) is 23.8 Å². The summed E-state index contributed by atoms with van der Waals surface area (Å²) in [6.07, 6.45) is 4.43. The van der Waals surface area contributed by atoms with Crippen LogP contribution >= 0.6 is 0 Å². The number of rotatable bonds is 12. The topological polar surface area (TPSA) is 98.5 Å². The quantitative estimate of drug-likeness (QED) is 0.447. The Kier molecular flexibility index (Phi) is 9.15. The van der Waals surface area contributed by atoms with E-state index in [1.807, 2.05) is 30.3 Å². The van der Waals surface area contributed by atoms with Crippen molar-refractivity contribution in [3.05, 3.63) is 35.9 Å². The molecular weight excluding hydrogens is 320 g/mol. The predicted molar refractivity (Wildman–Crippen MR) is 95.4 cm³/mol. The zero-order valence-corrected chi connectivity index (χ0v) is 14.5. The van der Waals surface area contributed by atoms with Gasteiger partial charge in [-0.1, -0.05) is 62.9 Å². The normalized spacial score (nSPS) is 12.1. The monoisotopic (exact) mass is 349 g/mol. The maximum absolute atomic E-state index is 12.2. The smallest absolute Gasteiger partial charge is 0.329 e. The number of carbonyl (C=O) groups is 3. The van der Waals surface area contributed by atoms with E-state index >= 15 is 0 Å². The van der Waals surface area contributed by atoms with Crippen LogP contribution in [0.15, 0.2) is 30.3 Å². The first-order valence-electron chi connectivity index (χ1n) is 9.31. The van der Waals surface area contributed by atoms with Crippen LogP contribution in [0.3, 0.4) is 0 Å². The Labute approximate surface area is 150 Å². The van der Waals surface area contributed by atoms with Crippen molar-refractivity contribution >= 4 is 17.8 Å². The first kappa shape index (κ1) is 19.0. The Morgan fingerprint density at radius 2 is 1.88 bits per heavy atom. The van der Waals surface area contributed by atoms with Gasteiger partial charge in [0.25, 0.3) is 0 Å². The standard InChI is InChI=1S/C19H28N2O4/c1-2-3-4-5-9-12-18(23)21-16(13-17(20)22)19(24)25-14-15-10-7-6-8-11-15/h6-8,10-11,16H,2-5,9,12-14H2,1H3,(H2,20,22)(H,21,23)/t16-/m0/s1/i1D. The number of primary amides is 1. The number of unbranched alkanes of at least 4 members (excludes halogenated alkanes) is 4. The van der Waals surface area contributed by atoms with E-state index in [0.717, 1.165) is 31.2 Å². The molecule has 1 aromatic carbocycles. The van der Waals surface area contributed by atoms with Gasteiger partial charge in [0.1, 0.15) is 12.6 Å². The van der Waals surface area contributed by atoms with Crippen LogP contribution in [0.1, 0.15) is 58.8 Å². The van der Waals surface area contributed by atoms with E-state index in [1.165, 1.54) is 0 Å². The summed E-state index contributed by atoms with van der Waals surface area (Å²) in [7, 11) is 0. The summed E-state index contributed by atoms with van der Waals surface area (Å²) in [4.78, 5) is 35.4. The first-order chi connectivity index (χ1) is 12.5. The zero-order valence-electron chi connectivity index (χ0n) is 15.5. The summed E-state index contributed by atoms with van der Waals surface area (Å²) < 4.78 is 12.3. The van der Waals surface area contributed by atoms with Gasteiger partial charge in [-0.15, -0.1) is 0 Å². The Hall–Kier alpha value is -2.37. The van der Waals surface area contributed by atoms with Gasteiger partial charge in [-0.05, 0) is 12.0 Å². The van der Waals surface area contributed by atoms with E-state index < -0.39 is 17.9 Å². The third-order valence-corrected chi connectivity index (χ3v) is 3.65. The minimum Gasteiger partial charge on any atom is -0.459 e. The van der Waals surface area contributed by atoms with Crippen LogP contribution < -0.4 is 11.1 Å². The average Bonchev–Trinajstić information content (AvgIpc) is 2.62. The van der Waals surface area contributed by atoms with Gasteiger partial charge in [0.2, 0.25) is 11.8 Å². The lowest BCUT2D eigenvalue weighted by Crippen LogP contribution is -2.44. The molecule has 0 spiro atoms. The fourth-order valence-electron chi connectivity index (χ4n) is 2.31. The molecule has 6 nitrogen and oxygen atoms in total. The number of nitrogens with two attached hydrogens (primary N) is 1. The number of carbonyl (C=O) groups excluding carboxylic acids is 3. The molecule has 0 aromatic heterocycles. The fourth-order valence-corrected chi connectivity index (χ4v) is 2.31. The second-order valence-electron chi connectivity index (χ2n) is 5.90. The van der Waals surface area contributed by atoms with E-state index in [1.54, 1.807) is 0 Å². The van der Waals surface area contributed by atoms with Crippen molar-refractivity contribution in [1.82, 2.24) is 5.32 Å². The van der Waals surface area contributed by atoms with Crippen molar-refractivity contribution < 1.29 is 20.5 Å². The second-order valence-corrected chi connectivity index (χ2v) is 5.90. The molecule has 0 heterocycles. The molecule has 3 N–H and O–H groups in total. The molecule has 6 heteroatoms. The van der Waals surface area contributed by atoms with E-state index in [9.17, 15) is 14.4 Å². The molecule has 0 bridgehead atoms. The second kappa shape index (κ2) is 12.1. The fraction of sp³-hybridized carbons (Fsp3) is 0.526. The van der Waals surface area contributed by atoms with Crippen molar-refractivity contribution in [3.63, 3.8) is 0 Å². The van der Waals surface area contributed by atoms with Gasteiger partial charge in [-0.2, -0.15) is 0 Å². The van der Waals surface area contributed by atoms with Crippen LogP contribution in [-0.2, 0) is 25.7 Å². The molecular formula is C19H28N2O4. The van der Waals surface area contributed by atoms with Gasteiger partial charge in [0, 0.05) is 7.79 Å². The number of hydrogen-bond acceptors (Lipinski definition) is 4. The summed E-state index contributed by atoms with van der Waals surface area (Å²) in [5.74, 6) is -1.65. The number of ether oxygens (including phenoxy) is 1. The average molecular weight is 349 g/mol. The van der Waals surface area contributed by atoms with Crippen LogP contribution in [0.5, 0.6) is 0 Å². The first-order valence-corrected chi connectivity index (χ1v) is 8.60. The van der Waals surface area contributed by atoms with Crippen molar-refractivity contribution in [3.8, 4) is 0 Å². The van der Waals surface area contributed by atoms with E-state index in [-0.39, 0.29) is 25.4 Å². The third kappa shape index (κ3) is 9.49. The summed E-state index contributed by atoms with van der Waals surface area (Å²) in [5, 5.41) is 2.54. The van der Waals surface area contributed by atoms with Gasteiger partial charge in [0.05, 0.1) is 6.42 Å². The lowest BCUT2D eigenvalue weighted by atomic mass is 10.1. The highest BCUT2D eigenvalue weighted by atomic mass is 16.5. The predicted octanol–water partition coefficient (Wildman–Crippen LogP) is 2.45. The molecule has 138 valence electrons. The molecule has 0 saturated heterocycles. The molecule has 2 amide bonds. The number of hydrogen-bond donors (Lipinski definition) is 2. The molecule has 0 saturated carbocycles. The highest BCUT2D eigenvalue weighted by molar-refractivity contribution is 5.88. The third-order valence-electron chi connectivity index (χ3n) is 3.65. The summed E-state index contributed by atoms with van der Waals surface area (Å²) in [6, 6.07) is 8.08. The van der Waals surface area contributed by atoms with E-state index in [4.69, 9.17) is 11.8 Å². The van der Waals surface area contributed by atoms with Crippen molar-refractivity contribution in [1.29, 1.82) is 0 Å². The lowest BCUT2D eigenvalue weighted by Gasteiger charge is -2.16. The van der Waals surface area contributed by atoms with Gasteiger partial charge >= 0.3 is 5.97 Å². The number of amides is 2. The van der Waals surface area contributed by atoms with Crippen molar-refractivity contribution in [2.24, 2.45) is 5.73 Å². The van der Waals surface area contributed by atoms with Crippen molar-refractivity contribution in [2.75, 3.05) is 0 Å². The maximum atomic E-state index is 12.2. The van der Waals surface area contributed by atoms with Gasteiger partial charge < -0.3 is 15.8 Å². The molecule has 0 aliphatic rings. The molecule has 25 heavy (non-hydrogen) atoms. The Balaban J connectivity index is 2.40. The Bertz CT molecular complexity index is 566. The number of benzene rings is 1. The number of esters is 1. The highest BCUT2D eigenvalue weighted by Crippen LogP contribution is 2.07. The minimum atomic E-state index is -1.06. The largest absolute Gasteiger partial charge is 0.459 e. The summed E-state index contributed by atoms with van der Waals surface area (Å²) in [6.45, 7) is 0.501. The van der Waals surface area contributed by atoms with Gasteiger partial charge in [-0.25, -0.2) is 4.79 Å². The van der Waals surface area contributed by atoms with Crippen LogP contribution in [0.4, 0.5) is 0 Å². The lowest BCUT2D eigenvalue weighted by molar-refractivity contribution is -0.150. The molecule has 1 atom stereocenters. The number of nitrogens with one attached hydrogen (secondary N) is 1. The Morgan fingerprint density at radius 3 is 2.56 bits per heavy atom. The van der Waals surface area contributed by atoms with Crippen molar-refractivity contribution in [2.45, 2.75) is 64.5 Å². The maximum Gasteiger partial charge on any atom is 0.329 e. The highest BCUT2D eigenvalue weighted by Gasteiger charge is 2.24. The molecule has 0 fully saturated rings. The molecule has 0 unspecified atom stereocenters. The Morgan fingerprint density at radius 1 is 1.16 bits per heavy atom. The molecule has 1 aromatic rings. The summed E-state index contributed by atoms with van der Waals surface area (Å²) >= 11 is 0. The summed E-state index contributed by atoms with van der Waals surface area (Å²) in [5.41, 5.74) is 5.99. The van der Waals surface area contributed by atoms with Gasteiger partial charge in [0.15, 0.2) is 0 Å². The SMILES string of the molecule is [2H]CCCCCCCC(=O)N[C@@H](CC(N)=O)C(=O)OCc1ccccc1. The van der Waals surface area contributed by atoms with Crippen LogP contribution in [0.25, 0.3) is 0 Å².